The summed E-state index contributed by atoms with van der Waals surface area (Å²) in [7, 11) is -2.24. The standard InChI is InChI=1S/C24H26FN3O3S/c1-31-24-15-19-11-13-26-12-10-18(19)14-23(24)28-32(29,30)22-8-2-17(3-9-22)16-27-21-6-4-20(25)5-7-21/h2-9,14-15,26-28H,10-13,16H2,1H3. The average Bonchev–Trinajstić information content (AvgIpc) is 3.03. The molecule has 0 radical (unpaired) electrons. The van der Waals surface area contributed by atoms with Crippen LogP contribution in [0.25, 0.3) is 0 Å². The van der Waals surface area contributed by atoms with Crippen molar-refractivity contribution in [2.24, 2.45) is 0 Å². The van der Waals surface area contributed by atoms with Crippen LogP contribution in [-0.2, 0) is 29.4 Å². The fourth-order valence-corrected chi connectivity index (χ4v) is 4.78. The normalized spacial score (nSPS) is 13.7. The average molecular weight is 456 g/mol. The van der Waals surface area contributed by atoms with E-state index >= 15 is 0 Å². The Bertz CT molecular complexity index is 1180. The van der Waals surface area contributed by atoms with Crippen LogP contribution in [0, 0.1) is 5.82 Å². The van der Waals surface area contributed by atoms with Gasteiger partial charge in [0.15, 0.2) is 0 Å². The first kappa shape index (κ1) is 22.1. The molecule has 32 heavy (non-hydrogen) atoms. The number of ether oxygens (including phenoxy) is 1. The minimum Gasteiger partial charge on any atom is -0.495 e. The van der Waals surface area contributed by atoms with Crippen LogP contribution >= 0.6 is 0 Å². The lowest BCUT2D eigenvalue weighted by atomic mass is 10.0. The Morgan fingerprint density at radius 3 is 2.28 bits per heavy atom. The first-order valence-corrected chi connectivity index (χ1v) is 11.9. The van der Waals surface area contributed by atoms with Crippen molar-refractivity contribution >= 4 is 21.4 Å². The lowest BCUT2D eigenvalue weighted by Crippen LogP contribution is -2.16. The van der Waals surface area contributed by atoms with E-state index in [9.17, 15) is 12.8 Å². The molecule has 0 saturated heterocycles. The molecule has 0 amide bonds. The van der Waals surface area contributed by atoms with E-state index in [0.717, 1.165) is 42.7 Å². The summed E-state index contributed by atoms with van der Waals surface area (Å²) >= 11 is 0. The molecule has 3 aromatic rings. The number of sulfonamides is 1. The predicted octanol–water partition coefficient (Wildman–Crippen LogP) is 3.94. The monoisotopic (exact) mass is 455 g/mol. The fraction of sp³-hybridized carbons (Fsp3) is 0.250. The molecule has 0 aromatic heterocycles. The Balaban J connectivity index is 1.48. The number of fused-ring (bicyclic) bond motifs is 1. The predicted molar refractivity (Wildman–Crippen MR) is 124 cm³/mol. The van der Waals surface area contributed by atoms with Gasteiger partial charge < -0.3 is 15.4 Å². The number of hydrogen-bond acceptors (Lipinski definition) is 5. The Kier molecular flexibility index (Phi) is 6.62. The molecular formula is C24H26FN3O3S. The van der Waals surface area contributed by atoms with E-state index in [2.05, 4.69) is 15.4 Å². The molecule has 4 rings (SSSR count). The van der Waals surface area contributed by atoms with Crippen molar-refractivity contribution < 1.29 is 17.5 Å². The van der Waals surface area contributed by atoms with Crippen LogP contribution in [-0.4, -0.2) is 28.6 Å². The molecule has 0 unspecified atom stereocenters. The summed E-state index contributed by atoms with van der Waals surface area (Å²) in [6, 6.07) is 16.5. The molecule has 0 bridgehead atoms. The number of anilines is 2. The second-order valence-electron chi connectivity index (χ2n) is 7.68. The molecule has 168 valence electrons. The van der Waals surface area contributed by atoms with Crippen molar-refractivity contribution in [3.63, 3.8) is 0 Å². The van der Waals surface area contributed by atoms with Gasteiger partial charge in [-0.1, -0.05) is 12.1 Å². The lowest BCUT2D eigenvalue weighted by Gasteiger charge is -2.16. The van der Waals surface area contributed by atoms with E-state index in [1.165, 1.54) is 24.8 Å². The maximum atomic E-state index is 13.0. The van der Waals surface area contributed by atoms with E-state index in [-0.39, 0.29) is 10.7 Å². The summed E-state index contributed by atoms with van der Waals surface area (Å²) < 4.78 is 47.1. The zero-order chi connectivity index (χ0) is 22.6. The van der Waals surface area contributed by atoms with Crippen LogP contribution in [0.1, 0.15) is 16.7 Å². The van der Waals surface area contributed by atoms with Gasteiger partial charge in [0, 0.05) is 12.2 Å². The van der Waals surface area contributed by atoms with Crippen molar-refractivity contribution in [3.05, 3.63) is 83.2 Å². The first-order valence-electron chi connectivity index (χ1n) is 10.5. The van der Waals surface area contributed by atoms with E-state index < -0.39 is 10.0 Å². The van der Waals surface area contributed by atoms with Crippen molar-refractivity contribution in [2.75, 3.05) is 30.2 Å². The van der Waals surface area contributed by atoms with Gasteiger partial charge in [-0.25, -0.2) is 12.8 Å². The molecule has 1 aliphatic heterocycles. The molecule has 0 fully saturated rings. The van der Waals surface area contributed by atoms with Crippen LogP contribution in [0.4, 0.5) is 15.8 Å². The molecule has 3 aromatic carbocycles. The summed E-state index contributed by atoms with van der Waals surface area (Å²) in [5.41, 5.74) is 4.43. The SMILES string of the molecule is COc1cc2c(cc1NS(=O)(=O)c1ccc(CNc3ccc(F)cc3)cc1)CCNCC2. The van der Waals surface area contributed by atoms with E-state index in [1.54, 1.807) is 36.4 Å². The Labute approximate surface area is 187 Å². The van der Waals surface area contributed by atoms with Crippen LogP contribution in [0.5, 0.6) is 5.75 Å². The molecule has 8 heteroatoms. The highest BCUT2D eigenvalue weighted by molar-refractivity contribution is 7.92. The van der Waals surface area contributed by atoms with Gasteiger partial charge >= 0.3 is 0 Å². The summed E-state index contributed by atoms with van der Waals surface area (Å²) in [5, 5.41) is 6.53. The third-order valence-electron chi connectivity index (χ3n) is 5.48. The molecule has 0 aliphatic carbocycles. The highest BCUT2D eigenvalue weighted by Crippen LogP contribution is 2.31. The Hall–Kier alpha value is -3.10. The molecular weight excluding hydrogens is 429 g/mol. The van der Waals surface area contributed by atoms with Gasteiger partial charge in [0.05, 0.1) is 17.7 Å². The van der Waals surface area contributed by atoms with Crippen LogP contribution in [0.2, 0.25) is 0 Å². The van der Waals surface area contributed by atoms with Crippen LogP contribution in [0.3, 0.4) is 0 Å². The van der Waals surface area contributed by atoms with Crippen molar-refractivity contribution in [3.8, 4) is 5.75 Å². The third kappa shape index (κ3) is 5.20. The first-order chi connectivity index (χ1) is 15.4. The number of methoxy groups -OCH3 is 1. The van der Waals surface area contributed by atoms with Crippen LogP contribution < -0.4 is 20.1 Å². The Morgan fingerprint density at radius 2 is 1.62 bits per heavy atom. The van der Waals surface area contributed by atoms with Gasteiger partial charge in [0.25, 0.3) is 10.0 Å². The van der Waals surface area contributed by atoms with Crippen molar-refractivity contribution in [1.29, 1.82) is 0 Å². The minimum atomic E-state index is -3.78. The summed E-state index contributed by atoms with van der Waals surface area (Å²) in [6.45, 7) is 2.24. The van der Waals surface area contributed by atoms with Gasteiger partial charge in [-0.3, -0.25) is 4.72 Å². The quantitative estimate of drug-likeness (QED) is 0.503. The van der Waals surface area contributed by atoms with Gasteiger partial charge in [-0.05, 0) is 91.2 Å². The van der Waals surface area contributed by atoms with E-state index in [0.29, 0.717) is 18.0 Å². The minimum absolute atomic E-state index is 0.168. The maximum Gasteiger partial charge on any atom is 0.262 e. The number of nitrogens with one attached hydrogen (secondary N) is 3. The van der Waals surface area contributed by atoms with E-state index in [1.807, 2.05) is 12.1 Å². The van der Waals surface area contributed by atoms with Gasteiger partial charge in [-0.15, -0.1) is 0 Å². The maximum absolute atomic E-state index is 13.0. The van der Waals surface area contributed by atoms with Gasteiger partial charge in [-0.2, -0.15) is 0 Å². The largest absolute Gasteiger partial charge is 0.495 e. The molecule has 6 nitrogen and oxygen atoms in total. The highest BCUT2D eigenvalue weighted by Gasteiger charge is 2.19. The number of benzene rings is 3. The summed E-state index contributed by atoms with van der Waals surface area (Å²) in [6.07, 6.45) is 1.72. The zero-order valence-corrected chi connectivity index (χ0v) is 18.6. The van der Waals surface area contributed by atoms with Crippen LogP contribution in [0.15, 0.2) is 65.6 Å². The van der Waals surface area contributed by atoms with Crippen molar-refractivity contribution in [2.45, 2.75) is 24.3 Å². The molecule has 0 saturated carbocycles. The Morgan fingerprint density at radius 1 is 0.969 bits per heavy atom. The molecule has 1 heterocycles. The molecule has 0 spiro atoms. The number of rotatable bonds is 7. The molecule has 3 N–H and O–H groups in total. The number of halogens is 1. The smallest absolute Gasteiger partial charge is 0.262 e. The second-order valence-corrected chi connectivity index (χ2v) is 9.36. The number of hydrogen-bond donors (Lipinski definition) is 3. The zero-order valence-electron chi connectivity index (χ0n) is 17.8. The molecule has 0 atom stereocenters. The fourth-order valence-electron chi connectivity index (χ4n) is 3.71. The van der Waals surface area contributed by atoms with Gasteiger partial charge in [0.2, 0.25) is 0 Å². The third-order valence-corrected chi connectivity index (χ3v) is 6.86. The molecule has 1 aliphatic rings. The van der Waals surface area contributed by atoms with Crippen molar-refractivity contribution in [1.82, 2.24) is 5.32 Å². The summed E-state index contributed by atoms with van der Waals surface area (Å²) in [5.74, 6) is 0.217. The second kappa shape index (κ2) is 9.58. The highest BCUT2D eigenvalue weighted by atomic mass is 32.2. The van der Waals surface area contributed by atoms with Gasteiger partial charge in [0.1, 0.15) is 11.6 Å². The summed E-state index contributed by atoms with van der Waals surface area (Å²) in [4.78, 5) is 0.168. The topological polar surface area (TPSA) is 79.5 Å². The van der Waals surface area contributed by atoms with E-state index in [4.69, 9.17) is 4.74 Å². The lowest BCUT2D eigenvalue weighted by molar-refractivity contribution is 0.416.